The number of carbonyl (C=O) groups excluding carboxylic acids is 1. The minimum Gasteiger partial charge on any atom is -0.481 e. The van der Waals surface area contributed by atoms with Gasteiger partial charge in [-0.2, -0.15) is 0 Å². The van der Waals surface area contributed by atoms with Gasteiger partial charge >= 0.3 is 5.97 Å². The van der Waals surface area contributed by atoms with Gasteiger partial charge < -0.3 is 14.7 Å². The number of halogens is 2. The van der Waals surface area contributed by atoms with Gasteiger partial charge in [0, 0.05) is 37.9 Å². The van der Waals surface area contributed by atoms with E-state index in [1.165, 1.54) is 11.8 Å². The Kier molecular flexibility index (Phi) is 7.61. The van der Waals surface area contributed by atoms with Gasteiger partial charge in [0.05, 0.1) is 5.92 Å². The zero-order valence-electron chi connectivity index (χ0n) is 13.2. The number of ether oxygens (including phenoxy) is 1. The molecule has 0 heterocycles. The van der Waals surface area contributed by atoms with E-state index >= 15 is 0 Å². The minimum atomic E-state index is -1.04. The minimum absolute atomic E-state index is 0.0432. The summed E-state index contributed by atoms with van der Waals surface area (Å²) in [4.78, 5) is 24.7. The fourth-order valence-electron chi connectivity index (χ4n) is 2.05. The number of carbonyl (C=O) groups is 2. The molecule has 1 amide bonds. The van der Waals surface area contributed by atoms with Crippen LogP contribution in [0.15, 0.2) is 18.2 Å². The van der Waals surface area contributed by atoms with E-state index in [0.717, 1.165) is 12.1 Å². The number of nitrogens with zero attached hydrogens (tertiary/aromatic N) is 1. The summed E-state index contributed by atoms with van der Waals surface area (Å²) in [6.45, 7) is 4.46. The maximum Gasteiger partial charge on any atom is 0.308 e. The number of aliphatic carboxylic acids is 1. The van der Waals surface area contributed by atoms with Crippen LogP contribution in [0.4, 0.5) is 8.78 Å². The van der Waals surface area contributed by atoms with E-state index in [9.17, 15) is 18.4 Å². The smallest absolute Gasteiger partial charge is 0.308 e. The van der Waals surface area contributed by atoms with Crippen LogP contribution in [0.25, 0.3) is 0 Å². The van der Waals surface area contributed by atoms with Crippen molar-refractivity contribution in [3.63, 3.8) is 0 Å². The number of carboxylic acids is 1. The molecule has 0 saturated heterocycles. The Morgan fingerprint density at radius 2 is 1.87 bits per heavy atom. The van der Waals surface area contributed by atoms with Crippen LogP contribution in [0.1, 0.15) is 30.6 Å². The predicted molar refractivity (Wildman–Crippen MR) is 80.2 cm³/mol. The number of benzene rings is 1. The monoisotopic (exact) mass is 329 g/mol. The van der Waals surface area contributed by atoms with E-state index in [2.05, 4.69) is 0 Å². The highest BCUT2D eigenvalue weighted by molar-refractivity contribution is 5.94. The highest BCUT2D eigenvalue weighted by Crippen LogP contribution is 2.13. The van der Waals surface area contributed by atoms with Gasteiger partial charge in [0.25, 0.3) is 5.91 Å². The lowest BCUT2D eigenvalue weighted by Crippen LogP contribution is -2.38. The summed E-state index contributed by atoms with van der Waals surface area (Å²) in [5, 5.41) is 9.00. The summed E-state index contributed by atoms with van der Waals surface area (Å²) >= 11 is 0. The molecule has 1 atom stereocenters. The van der Waals surface area contributed by atoms with Crippen LogP contribution in [0.2, 0.25) is 0 Å². The summed E-state index contributed by atoms with van der Waals surface area (Å²) in [6, 6.07) is 2.55. The number of rotatable bonds is 9. The molecule has 1 unspecified atom stereocenters. The van der Waals surface area contributed by atoms with Crippen molar-refractivity contribution in [1.82, 2.24) is 4.90 Å². The van der Waals surface area contributed by atoms with E-state index in [0.29, 0.717) is 25.7 Å². The molecule has 23 heavy (non-hydrogen) atoms. The van der Waals surface area contributed by atoms with Crippen molar-refractivity contribution in [2.24, 2.45) is 5.92 Å². The van der Waals surface area contributed by atoms with Crippen molar-refractivity contribution < 1.29 is 28.2 Å². The molecule has 0 spiro atoms. The molecule has 5 nitrogen and oxygen atoms in total. The van der Waals surface area contributed by atoms with E-state index in [-0.39, 0.29) is 18.7 Å². The second-order valence-corrected chi connectivity index (χ2v) is 5.20. The SMILES string of the molecule is CCOCCCN(CC(C)C(=O)O)C(=O)c1cc(F)cc(F)c1. The molecule has 0 bridgehead atoms. The first-order chi connectivity index (χ1) is 10.8. The van der Waals surface area contributed by atoms with E-state index in [4.69, 9.17) is 9.84 Å². The first-order valence-electron chi connectivity index (χ1n) is 7.41. The van der Waals surface area contributed by atoms with Crippen molar-refractivity contribution in [1.29, 1.82) is 0 Å². The summed E-state index contributed by atoms with van der Waals surface area (Å²) in [7, 11) is 0. The Bertz CT molecular complexity index is 531. The van der Waals surface area contributed by atoms with Crippen LogP contribution >= 0.6 is 0 Å². The summed E-state index contributed by atoms with van der Waals surface area (Å²) in [5.41, 5.74) is -0.142. The number of hydrogen-bond donors (Lipinski definition) is 1. The topological polar surface area (TPSA) is 66.8 Å². The Morgan fingerprint density at radius 3 is 2.39 bits per heavy atom. The number of hydrogen-bond acceptors (Lipinski definition) is 3. The van der Waals surface area contributed by atoms with Crippen molar-refractivity contribution in [3.05, 3.63) is 35.4 Å². The van der Waals surface area contributed by atoms with Crippen molar-refractivity contribution >= 4 is 11.9 Å². The lowest BCUT2D eigenvalue weighted by molar-refractivity contribution is -0.141. The molecule has 0 saturated carbocycles. The maximum absolute atomic E-state index is 13.3. The van der Waals surface area contributed by atoms with E-state index in [1.807, 2.05) is 6.92 Å². The molecule has 1 aromatic carbocycles. The summed E-state index contributed by atoms with van der Waals surface area (Å²) in [6.07, 6.45) is 0.504. The van der Waals surface area contributed by atoms with Gasteiger partial charge in [-0.25, -0.2) is 8.78 Å². The third-order valence-electron chi connectivity index (χ3n) is 3.23. The van der Waals surface area contributed by atoms with Gasteiger partial charge in [-0.15, -0.1) is 0 Å². The van der Waals surface area contributed by atoms with Gasteiger partial charge in [0.2, 0.25) is 0 Å². The molecular weight excluding hydrogens is 308 g/mol. The first kappa shape index (κ1) is 19.0. The molecule has 0 aliphatic carbocycles. The second-order valence-electron chi connectivity index (χ2n) is 5.20. The van der Waals surface area contributed by atoms with Crippen LogP contribution in [-0.4, -0.2) is 48.2 Å². The highest BCUT2D eigenvalue weighted by atomic mass is 19.1. The zero-order chi connectivity index (χ0) is 17.4. The summed E-state index contributed by atoms with van der Waals surface area (Å²) in [5.74, 6) is -4.14. The maximum atomic E-state index is 13.3. The molecule has 1 rings (SSSR count). The molecule has 7 heteroatoms. The zero-order valence-corrected chi connectivity index (χ0v) is 13.2. The molecule has 1 N–H and O–H groups in total. The molecular formula is C16H21F2NO4. The molecule has 0 fully saturated rings. The third kappa shape index (κ3) is 6.32. The highest BCUT2D eigenvalue weighted by Gasteiger charge is 2.22. The fourth-order valence-corrected chi connectivity index (χ4v) is 2.05. The molecule has 0 aliphatic rings. The Morgan fingerprint density at radius 1 is 1.26 bits per heavy atom. The average molecular weight is 329 g/mol. The molecule has 1 aromatic rings. The predicted octanol–water partition coefficient (Wildman–Crippen LogP) is 2.55. The average Bonchev–Trinajstić information content (AvgIpc) is 2.48. The lowest BCUT2D eigenvalue weighted by Gasteiger charge is -2.24. The first-order valence-corrected chi connectivity index (χ1v) is 7.41. The quantitative estimate of drug-likeness (QED) is 0.707. The number of amides is 1. The number of carboxylic acid groups (broad SMARTS) is 1. The standard InChI is InChI=1S/C16H21F2NO4/c1-3-23-6-4-5-19(10-11(2)16(21)22)15(20)12-7-13(17)9-14(18)8-12/h7-9,11H,3-6,10H2,1-2H3,(H,21,22). The fraction of sp³-hybridized carbons (Fsp3) is 0.500. The van der Waals surface area contributed by atoms with Crippen molar-refractivity contribution in [2.45, 2.75) is 20.3 Å². The van der Waals surface area contributed by atoms with E-state index in [1.54, 1.807) is 0 Å². The van der Waals surface area contributed by atoms with Gasteiger partial charge in [0.15, 0.2) is 0 Å². The molecule has 0 aromatic heterocycles. The third-order valence-corrected chi connectivity index (χ3v) is 3.23. The van der Waals surface area contributed by atoms with Crippen LogP contribution in [0.5, 0.6) is 0 Å². The Balaban J connectivity index is 2.87. The van der Waals surface area contributed by atoms with E-state index < -0.39 is 29.4 Å². The lowest BCUT2D eigenvalue weighted by atomic mass is 10.1. The molecule has 128 valence electrons. The van der Waals surface area contributed by atoms with Crippen molar-refractivity contribution in [3.8, 4) is 0 Å². The van der Waals surface area contributed by atoms with Crippen LogP contribution < -0.4 is 0 Å². The van der Waals surface area contributed by atoms with Crippen molar-refractivity contribution in [2.75, 3.05) is 26.3 Å². The Labute approximate surface area is 133 Å². The van der Waals surface area contributed by atoms with Gasteiger partial charge in [-0.3, -0.25) is 9.59 Å². The van der Waals surface area contributed by atoms with Crippen LogP contribution in [0, 0.1) is 17.6 Å². The Hall–Kier alpha value is -2.02. The van der Waals surface area contributed by atoms with Gasteiger partial charge in [0.1, 0.15) is 11.6 Å². The molecule has 0 aliphatic heterocycles. The normalized spacial score (nSPS) is 12.0. The van der Waals surface area contributed by atoms with Gasteiger partial charge in [-0.05, 0) is 25.5 Å². The van der Waals surface area contributed by atoms with Crippen LogP contribution in [0.3, 0.4) is 0 Å². The molecule has 0 radical (unpaired) electrons. The largest absolute Gasteiger partial charge is 0.481 e. The van der Waals surface area contributed by atoms with Gasteiger partial charge in [-0.1, -0.05) is 6.92 Å². The van der Waals surface area contributed by atoms with Crippen LogP contribution in [-0.2, 0) is 9.53 Å². The second kappa shape index (κ2) is 9.19. The summed E-state index contributed by atoms with van der Waals surface area (Å²) < 4.78 is 31.7.